The molecular formula is C4H9BrCl2. The summed E-state index contributed by atoms with van der Waals surface area (Å²) in [6, 6.07) is 0. The van der Waals surface area contributed by atoms with Crippen LogP contribution in [0.5, 0.6) is 0 Å². The smallest absolute Gasteiger partial charge is 0.0108 e. The molecule has 0 rings (SSSR count). The Kier molecular flexibility index (Phi) is 158. The lowest BCUT2D eigenvalue weighted by Gasteiger charge is -1.27. The monoisotopic (exact) mass is 206 g/mol. The van der Waals surface area contributed by atoms with Gasteiger partial charge in [-0.25, -0.2) is 0 Å². The minimum absolute atomic E-state index is 1.22. The Bertz CT molecular complexity index is 17.2. The van der Waals surface area contributed by atoms with Gasteiger partial charge >= 0.3 is 0 Å². The molecule has 0 aliphatic heterocycles. The largest absolute Gasteiger partial charge is 0.130 e. The summed E-state index contributed by atoms with van der Waals surface area (Å²) in [4.78, 5) is 0. The third kappa shape index (κ3) is 245. The lowest BCUT2D eigenvalue weighted by molar-refractivity contribution is 2.46. The van der Waals surface area contributed by atoms with E-state index >= 15 is 0 Å². The zero-order chi connectivity index (χ0) is 6.71. The fraction of sp³-hybridized carbons (Fsp3) is 0.500. The van der Waals surface area contributed by atoms with Crippen LogP contribution in [0.15, 0.2) is 12.1 Å². The lowest BCUT2D eigenvalue weighted by atomic mass is 11.3. The maximum Gasteiger partial charge on any atom is 0.0108 e. The van der Waals surface area contributed by atoms with Crippen molar-refractivity contribution in [3.63, 3.8) is 0 Å². The summed E-state index contributed by atoms with van der Waals surface area (Å²) in [5.41, 5.74) is 1.22. The second-order valence-electron chi connectivity index (χ2n) is 0.154. The summed E-state index contributed by atoms with van der Waals surface area (Å²) in [5, 5.41) is 0. The van der Waals surface area contributed by atoms with Crippen LogP contribution >= 0.6 is 39.1 Å². The molecule has 0 nitrogen and oxygen atoms in total. The summed E-state index contributed by atoms with van der Waals surface area (Å²) >= 11 is 12.3. The fourth-order valence-corrected chi connectivity index (χ4v) is 0. The quantitative estimate of drug-likeness (QED) is 0.536. The van der Waals surface area contributed by atoms with E-state index in [1.807, 2.05) is 5.83 Å². The van der Waals surface area contributed by atoms with Crippen molar-refractivity contribution < 1.29 is 0 Å². The van der Waals surface area contributed by atoms with E-state index in [0.29, 0.717) is 0 Å². The predicted molar refractivity (Wildman–Crippen MR) is 42.7 cm³/mol. The van der Waals surface area contributed by atoms with Crippen LogP contribution in [0.3, 0.4) is 0 Å². The molecule has 0 aromatic heterocycles. The van der Waals surface area contributed by atoms with E-state index in [9.17, 15) is 0 Å². The molecular weight excluding hydrogens is 199 g/mol. The van der Waals surface area contributed by atoms with Crippen LogP contribution < -0.4 is 0 Å². The molecule has 46 valence electrons. The topological polar surface area (TPSA) is 0 Å². The number of hydrogen-bond donors (Lipinski definition) is 0. The van der Waals surface area contributed by atoms with Gasteiger partial charge in [0.05, 0.1) is 0 Å². The van der Waals surface area contributed by atoms with E-state index < -0.39 is 0 Å². The van der Waals surface area contributed by atoms with Gasteiger partial charge in [0.15, 0.2) is 0 Å². The van der Waals surface area contributed by atoms with Crippen molar-refractivity contribution in [1.29, 1.82) is 0 Å². The first-order chi connectivity index (χ1) is 3.41. The van der Waals surface area contributed by atoms with Gasteiger partial charge in [-0.2, -0.15) is 0 Å². The second kappa shape index (κ2) is 70.6. The summed E-state index contributed by atoms with van der Waals surface area (Å²) in [6.07, 6.45) is 1.47. The van der Waals surface area contributed by atoms with Gasteiger partial charge in [0.1, 0.15) is 0 Å². The first-order valence-electron chi connectivity index (χ1n) is 1.38. The van der Waals surface area contributed by atoms with Crippen molar-refractivity contribution in [2.45, 2.75) is 0 Å². The Morgan fingerprint density at radius 3 is 1.43 bits per heavy atom. The molecule has 0 heterocycles. The molecule has 0 N–H and O–H groups in total. The van der Waals surface area contributed by atoms with Crippen molar-refractivity contribution in [3.8, 4) is 0 Å². The molecule has 7 heavy (non-hydrogen) atoms. The third-order valence-electron chi connectivity index (χ3n) is 0. The highest BCUT2D eigenvalue weighted by Crippen LogP contribution is 1.60. The first kappa shape index (κ1) is 15.7. The second-order valence-corrected chi connectivity index (χ2v) is 0.463. The van der Waals surface area contributed by atoms with Crippen molar-refractivity contribution in [1.82, 2.24) is 0 Å². The Hall–Kier alpha value is 0.800. The number of hydrogen-bond acceptors (Lipinski definition) is 0. The van der Waals surface area contributed by atoms with Crippen LogP contribution in [0.2, 0.25) is 0 Å². The molecule has 0 unspecified atom stereocenters. The summed E-state index contributed by atoms with van der Waals surface area (Å²) in [6.45, 7) is 3.13. The molecule has 0 fully saturated rings. The van der Waals surface area contributed by atoms with Crippen LogP contribution in [0.1, 0.15) is 0 Å². The van der Waals surface area contributed by atoms with Crippen molar-refractivity contribution in [2.24, 2.45) is 0 Å². The van der Waals surface area contributed by atoms with Gasteiger partial charge in [-0.3, -0.25) is 0 Å². The molecule has 0 aromatic rings. The molecule has 0 aromatic carbocycles. The van der Waals surface area contributed by atoms with Gasteiger partial charge < -0.3 is 0 Å². The lowest BCUT2D eigenvalue weighted by Crippen LogP contribution is -0.926. The average Bonchev–Trinajstić information content (AvgIpc) is 1.78. The average molecular weight is 208 g/mol. The summed E-state index contributed by atoms with van der Waals surface area (Å²) < 4.78 is 0. The van der Waals surface area contributed by atoms with Crippen LogP contribution in [0.25, 0.3) is 0 Å². The fourth-order valence-electron chi connectivity index (χ4n) is 0. The third-order valence-corrected chi connectivity index (χ3v) is 0. The Morgan fingerprint density at radius 1 is 1.43 bits per heavy atom. The minimum Gasteiger partial charge on any atom is -0.130 e. The van der Waals surface area contributed by atoms with Crippen molar-refractivity contribution >= 4 is 39.1 Å². The van der Waals surface area contributed by atoms with Gasteiger partial charge in [0.2, 0.25) is 0 Å². The molecule has 0 saturated carbocycles. The highest BCUT2D eigenvalue weighted by molar-refractivity contribution is 9.08. The van der Waals surface area contributed by atoms with Crippen LogP contribution in [0, 0.1) is 0 Å². The van der Waals surface area contributed by atoms with Crippen LogP contribution in [0.4, 0.5) is 0 Å². The molecule has 0 aliphatic rings. The van der Waals surface area contributed by atoms with Crippen molar-refractivity contribution in [3.05, 3.63) is 12.1 Å². The molecule has 0 aliphatic carbocycles. The van der Waals surface area contributed by atoms with Crippen molar-refractivity contribution in [2.75, 3.05) is 12.2 Å². The normalized spacial score (nSPS) is 3.57. The highest BCUT2D eigenvalue weighted by atomic mass is 79.9. The number of rotatable bonds is 0. The highest BCUT2D eigenvalue weighted by Gasteiger charge is 1.18. The molecule has 0 radical (unpaired) electrons. The molecule has 0 bridgehead atoms. The van der Waals surface area contributed by atoms with Gasteiger partial charge in [0.25, 0.3) is 0 Å². The maximum atomic E-state index is 4.76. The standard InChI is InChI=1S/C2H3Cl.CH3Br.CH3Cl/c1-2-3;2*1-2/h2H,1H2;2*1H3. The maximum absolute atomic E-state index is 4.76. The minimum atomic E-state index is 1.22. The van der Waals surface area contributed by atoms with Crippen LogP contribution in [-0.2, 0) is 0 Å². The van der Waals surface area contributed by atoms with E-state index in [0.717, 1.165) is 0 Å². The molecule has 0 amide bonds. The van der Waals surface area contributed by atoms with Gasteiger partial charge in [-0.1, -0.05) is 34.1 Å². The molecule has 0 saturated heterocycles. The van der Waals surface area contributed by atoms with E-state index in [2.05, 4.69) is 34.1 Å². The van der Waals surface area contributed by atoms with E-state index in [1.54, 1.807) is 0 Å². The summed E-state index contributed by atoms with van der Waals surface area (Å²) in [7, 11) is 0. The molecule has 0 spiro atoms. The Labute approximate surface area is 63.6 Å². The first-order valence-corrected chi connectivity index (χ1v) is 4.16. The SMILES string of the molecule is C=CCl.CBr.CCl. The predicted octanol–water partition coefficient (Wildman–Crippen LogP) is 3.23. The zero-order valence-corrected chi connectivity index (χ0v) is 7.52. The Balaban J connectivity index is -0.0000000360. The number of alkyl halides is 2. The van der Waals surface area contributed by atoms with Gasteiger partial charge in [0, 0.05) is 6.38 Å². The number of halogens is 3. The molecule has 0 atom stereocenters. The Morgan fingerprint density at radius 2 is 1.43 bits per heavy atom. The van der Waals surface area contributed by atoms with E-state index in [1.165, 1.54) is 11.9 Å². The van der Waals surface area contributed by atoms with E-state index in [4.69, 9.17) is 11.6 Å². The van der Waals surface area contributed by atoms with Crippen LogP contribution in [-0.4, -0.2) is 12.2 Å². The van der Waals surface area contributed by atoms with E-state index in [-0.39, 0.29) is 0 Å². The van der Waals surface area contributed by atoms with Gasteiger partial charge in [-0.15, -0.1) is 11.6 Å². The summed E-state index contributed by atoms with van der Waals surface area (Å²) in [5.74, 6) is 1.81. The molecule has 3 heteroatoms. The zero-order valence-electron chi connectivity index (χ0n) is 4.42. The van der Waals surface area contributed by atoms with Gasteiger partial charge in [-0.05, 0) is 11.4 Å².